The number of Topliss-reactive ketones (excluding diaryl/α,β-unsaturated/α-hetero) is 3. The number of likely N-dealkylation sites (tertiary alicyclic amines) is 1. The molecule has 0 aromatic heterocycles. The van der Waals surface area contributed by atoms with Crippen LogP contribution in [0.25, 0.3) is 0 Å². The Bertz CT molecular complexity index is 1950. The van der Waals surface area contributed by atoms with Crippen molar-refractivity contribution < 1.29 is 57.7 Å². The number of carboxylic acids is 1. The number of aliphatic carboxylic acids is 1. The van der Waals surface area contributed by atoms with Gasteiger partial charge in [-0.1, -0.05) is 87.9 Å². The van der Waals surface area contributed by atoms with Crippen LogP contribution >= 0.6 is 0 Å². The van der Waals surface area contributed by atoms with Crippen molar-refractivity contribution in [3.05, 3.63) is 71.8 Å². The molecule has 354 valence electrons. The number of hydrogen-bond donors (Lipinski definition) is 4. The van der Waals surface area contributed by atoms with E-state index in [4.69, 9.17) is 15.2 Å². The van der Waals surface area contributed by atoms with Gasteiger partial charge < -0.3 is 35.8 Å². The molecule has 1 unspecified atom stereocenters. The smallest absolute Gasteiger partial charge is 0.306 e. The zero-order chi connectivity index (χ0) is 47.5. The Morgan fingerprint density at radius 2 is 1.48 bits per heavy atom. The summed E-state index contributed by atoms with van der Waals surface area (Å²) in [5.41, 5.74) is 6.86. The summed E-state index contributed by atoms with van der Waals surface area (Å²) in [6, 6.07) is 15.6. The quantitative estimate of drug-likeness (QED) is 0.0537. The van der Waals surface area contributed by atoms with Crippen molar-refractivity contribution in [2.45, 2.75) is 129 Å². The first-order valence-corrected chi connectivity index (χ1v) is 22.9. The van der Waals surface area contributed by atoms with E-state index in [1.807, 2.05) is 51.1 Å². The molecule has 2 aromatic rings. The number of carbonyl (C=O) groups excluding carboxylic acids is 8. The molecule has 1 heterocycles. The summed E-state index contributed by atoms with van der Waals surface area (Å²) in [5, 5.41) is 14.8. The average Bonchev–Trinajstić information content (AvgIpc) is 3.74. The summed E-state index contributed by atoms with van der Waals surface area (Å²) in [6.07, 6.45) is 1.04. The van der Waals surface area contributed by atoms with Gasteiger partial charge in [0.2, 0.25) is 29.4 Å². The fourth-order valence-corrected chi connectivity index (χ4v) is 8.46. The first-order valence-electron chi connectivity index (χ1n) is 22.9. The van der Waals surface area contributed by atoms with Crippen molar-refractivity contribution in [2.24, 2.45) is 35.3 Å². The van der Waals surface area contributed by atoms with E-state index in [1.54, 1.807) is 30.3 Å². The maximum atomic E-state index is 14.6. The van der Waals surface area contributed by atoms with Gasteiger partial charge in [0.1, 0.15) is 6.04 Å². The van der Waals surface area contributed by atoms with Crippen LogP contribution in [0.2, 0.25) is 0 Å². The number of nitrogens with two attached hydrogens (primary N) is 1. The van der Waals surface area contributed by atoms with Crippen LogP contribution in [0.3, 0.4) is 0 Å². The first-order chi connectivity index (χ1) is 31.1. The van der Waals surface area contributed by atoms with Crippen LogP contribution < -0.4 is 16.4 Å². The second-order valence-corrected chi connectivity index (χ2v) is 17.7. The number of nitrogens with one attached hydrogen (secondary N) is 2. The summed E-state index contributed by atoms with van der Waals surface area (Å²) in [4.78, 5) is 120. The highest BCUT2D eigenvalue weighted by Crippen LogP contribution is 2.31. The average molecular weight is 903 g/mol. The van der Waals surface area contributed by atoms with Crippen molar-refractivity contribution in [2.75, 3.05) is 19.7 Å². The molecule has 1 saturated heterocycles. The van der Waals surface area contributed by atoms with E-state index in [9.17, 15) is 48.3 Å². The lowest BCUT2D eigenvalue weighted by Crippen LogP contribution is -2.45. The Hall–Kier alpha value is -5.77. The number of ketones is 3. The Morgan fingerprint density at radius 3 is 2.09 bits per heavy atom. The maximum Gasteiger partial charge on any atom is 0.306 e. The molecule has 4 amide bonds. The van der Waals surface area contributed by atoms with Gasteiger partial charge in [-0.15, -0.1) is 0 Å². The van der Waals surface area contributed by atoms with Crippen LogP contribution in [0, 0.1) is 29.6 Å². The van der Waals surface area contributed by atoms with Gasteiger partial charge in [-0.3, -0.25) is 43.2 Å². The second kappa shape index (κ2) is 26.3. The molecule has 1 aliphatic carbocycles. The fourth-order valence-electron chi connectivity index (χ4n) is 8.46. The number of carboxylic acid groups (broad SMARTS) is 1. The Balaban J connectivity index is 1.46. The Morgan fingerprint density at radius 1 is 0.831 bits per heavy atom. The number of rotatable bonds is 27. The maximum absolute atomic E-state index is 14.6. The molecule has 2 fully saturated rings. The largest absolute Gasteiger partial charge is 0.481 e. The van der Waals surface area contributed by atoms with Crippen LogP contribution in [0.1, 0.15) is 121 Å². The molecule has 0 bridgehead atoms. The Labute approximate surface area is 381 Å². The van der Waals surface area contributed by atoms with E-state index in [0.717, 1.165) is 5.56 Å². The van der Waals surface area contributed by atoms with Gasteiger partial charge >= 0.3 is 11.9 Å². The minimum atomic E-state index is -1.13. The van der Waals surface area contributed by atoms with Crippen LogP contribution in [0.5, 0.6) is 0 Å². The molecule has 0 spiro atoms. The van der Waals surface area contributed by atoms with Gasteiger partial charge in [-0.25, -0.2) is 0 Å². The van der Waals surface area contributed by atoms with E-state index in [1.165, 1.54) is 4.90 Å². The number of nitrogens with zero attached hydrogens (tertiary/aromatic N) is 1. The molecule has 5 N–H and O–H groups in total. The number of ether oxygens (including phenoxy) is 2. The predicted octanol–water partition coefficient (Wildman–Crippen LogP) is 4.80. The normalized spacial score (nSPS) is 19.7. The van der Waals surface area contributed by atoms with E-state index < -0.39 is 95.8 Å². The zero-order valence-corrected chi connectivity index (χ0v) is 37.9. The second-order valence-electron chi connectivity index (χ2n) is 17.7. The number of primary amides is 1. The summed E-state index contributed by atoms with van der Waals surface area (Å²) < 4.78 is 11.7. The SMILES string of the molecule is CCCC(CC(=O)[C@@H]1C[C@@H](OCc2ccccc2)CN1C(=O)[C@H](CCCNC(=O)C1CCC(C(=O)O)CC1)CC(=O)OCC(C)C)C(=O)C(=O)CCC(=O)N[C@H](C(N)=O)c1ccccc1. The molecular formula is C49H66N4O12. The summed E-state index contributed by atoms with van der Waals surface area (Å²) in [6.45, 7) is 6.19. The summed E-state index contributed by atoms with van der Waals surface area (Å²) >= 11 is 0. The molecule has 0 radical (unpaired) electrons. The van der Waals surface area contributed by atoms with Crippen molar-refractivity contribution in [3.8, 4) is 0 Å². The highest BCUT2D eigenvalue weighted by Gasteiger charge is 2.43. The van der Waals surface area contributed by atoms with Gasteiger partial charge in [0, 0.05) is 56.5 Å². The zero-order valence-electron chi connectivity index (χ0n) is 37.9. The Kier molecular flexibility index (Phi) is 20.9. The van der Waals surface area contributed by atoms with Crippen LogP contribution in [-0.2, 0) is 59.2 Å². The number of esters is 1. The summed E-state index contributed by atoms with van der Waals surface area (Å²) in [5.74, 6) is -8.30. The fraction of sp³-hybridized carbons (Fsp3) is 0.571. The third-order valence-corrected chi connectivity index (χ3v) is 12.1. The first kappa shape index (κ1) is 51.9. The van der Waals surface area contributed by atoms with Crippen LogP contribution in [-0.4, -0.2) is 94.8 Å². The van der Waals surface area contributed by atoms with E-state index in [2.05, 4.69) is 10.6 Å². The molecule has 65 heavy (non-hydrogen) atoms. The van der Waals surface area contributed by atoms with E-state index in [-0.39, 0.29) is 76.2 Å². The van der Waals surface area contributed by atoms with Crippen molar-refractivity contribution in [1.82, 2.24) is 15.5 Å². The van der Waals surface area contributed by atoms with Crippen LogP contribution in [0.4, 0.5) is 0 Å². The van der Waals surface area contributed by atoms with Crippen molar-refractivity contribution >= 4 is 52.9 Å². The van der Waals surface area contributed by atoms with Gasteiger partial charge in [-0.2, -0.15) is 0 Å². The highest BCUT2D eigenvalue weighted by molar-refractivity contribution is 6.38. The minimum Gasteiger partial charge on any atom is -0.481 e. The molecule has 16 heteroatoms. The number of carbonyl (C=O) groups is 9. The van der Waals surface area contributed by atoms with Gasteiger partial charge in [-0.05, 0) is 62.0 Å². The molecule has 16 nitrogen and oxygen atoms in total. The lowest BCUT2D eigenvalue weighted by atomic mass is 9.81. The minimum absolute atomic E-state index is 0.0328. The molecule has 2 aromatic carbocycles. The van der Waals surface area contributed by atoms with Gasteiger partial charge in [0.25, 0.3) is 0 Å². The highest BCUT2D eigenvalue weighted by atomic mass is 16.5. The molecule has 5 atom stereocenters. The third kappa shape index (κ3) is 16.6. The third-order valence-electron chi connectivity index (χ3n) is 12.1. The van der Waals surface area contributed by atoms with Gasteiger partial charge in [0.15, 0.2) is 11.6 Å². The predicted molar refractivity (Wildman–Crippen MR) is 238 cm³/mol. The number of amides is 4. The number of benzene rings is 2. The lowest BCUT2D eigenvalue weighted by molar-refractivity contribution is -0.151. The van der Waals surface area contributed by atoms with Crippen molar-refractivity contribution in [3.63, 3.8) is 0 Å². The van der Waals surface area contributed by atoms with Crippen molar-refractivity contribution in [1.29, 1.82) is 0 Å². The molecule has 4 rings (SSSR count). The number of hydrogen-bond acceptors (Lipinski definition) is 11. The molecule has 1 saturated carbocycles. The van der Waals surface area contributed by atoms with E-state index in [0.29, 0.717) is 44.1 Å². The van der Waals surface area contributed by atoms with Crippen LogP contribution in [0.15, 0.2) is 60.7 Å². The van der Waals surface area contributed by atoms with Gasteiger partial charge in [0.05, 0.1) is 37.7 Å². The topological polar surface area (TPSA) is 246 Å². The molecule has 2 aliphatic rings. The lowest BCUT2D eigenvalue weighted by Gasteiger charge is -2.29. The molecule has 1 aliphatic heterocycles. The standard InChI is InChI=1S/C49H66N4O12/c1-4-12-36(45(58)40(54)22-23-42(56)52-44(46(50)59)33-15-9-6-10-16-33)25-41(55)39-27-38(64-30-32-13-7-5-8-14-32)28-53(39)48(61)37(26-43(57)65-29-31(2)3)17-11-24-51-47(60)34-18-20-35(21-19-34)49(62)63/h5-10,13-16,31,34-39,44H,4,11-12,17-30H2,1-3H3,(H2,50,59)(H,51,60)(H,52,56)(H,62,63)/t34?,35?,36?,37-,38-,39+,44+/m1/s1. The summed E-state index contributed by atoms with van der Waals surface area (Å²) in [7, 11) is 0. The monoisotopic (exact) mass is 902 g/mol. The van der Waals surface area contributed by atoms with E-state index >= 15 is 0 Å². The molecular weight excluding hydrogens is 837 g/mol.